The van der Waals surface area contributed by atoms with Gasteiger partial charge in [0, 0.05) is 36.7 Å². The number of aliphatic carboxylic acids is 1. The minimum absolute atomic E-state index is 0.209. The lowest BCUT2D eigenvalue weighted by molar-refractivity contribution is -0.192. The van der Waals surface area contributed by atoms with Gasteiger partial charge in [0.2, 0.25) is 11.9 Å². The maximum Gasteiger partial charge on any atom is 0.490 e. The molecule has 0 unspecified atom stereocenters. The summed E-state index contributed by atoms with van der Waals surface area (Å²) >= 11 is 6.04. The first-order valence-electron chi connectivity index (χ1n) is 11.8. The van der Waals surface area contributed by atoms with E-state index in [1.54, 1.807) is 13.8 Å². The topological polar surface area (TPSA) is 121 Å². The first-order chi connectivity index (χ1) is 17.2. The second-order valence-corrected chi connectivity index (χ2v) is 10.0. The Labute approximate surface area is 216 Å². The summed E-state index contributed by atoms with van der Waals surface area (Å²) < 4.78 is 52.4. The highest BCUT2D eigenvalue weighted by atomic mass is 35.5. The van der Waals surface area contributed by atoms with Crippen molar-refractivity contribution in [3.05, 3.63) is 34.9 Å². The molecule has 0 amide bonds. The molecule has 14 heteroatoms. The van der Waals surface area contributed by atoms with E-state index in [9.17, 15) is 17.6 Å². The number of anilines is 2. The molecule has 0 radical (unpaired) electrons. The number of nitrogens with two attached hydrogens (primary N) is 1. The lowest BCUT2D eigenvalue weighted by Crippen LogP contribution is -2.60. The molecule has 2 aliphatic rings. The molecule has 2 fully saturated rings. The van der Waals surface area contributed by atoms with Gasteiger partial charge < -0.3 is 20.5 Å². The smallest absolute Gasteiger partial charge is 0.475 e. The molecule has 37 heavy (non-hydrogen) atoms. The Balaban J connectivity index is 0.000000479. The number of ether oxygens (including phenoxy) is 1. The van der Waals surface area contributed by atoms with Gasteiger partial charge in [0.05, 0.1) is 6.61 Å². The fraction of sp³-hybridized carbons (Fsp3) is 0.609. The number of aromatic amines is 1. The van der Waals surface area contributed by atoms with Gasteiger partial charge in [-0.2, -0.15) is 18.2 Å². The highest BCUT2D eigenvalue weighted by molar-refractivity contribution is 6.30. The molecule has 4 N–H and O–H groups in total. The third kappa shape index (κ3) is 8.17. The third-order valence-electron chi connectivity index (χ3n) is 6.44. The van der Waals surface area contributed by atoms with Crippen LogP contribution in [0.25, 0.3) is 0 Å². The normalized spacial score (nSPS) is 21.9. The fourth-order valence-corrected chi connectivity index (χ4v) is 4.58. The summed E-state index contributed by atoms with van der Waals surface area (Å²) in [6.07, 6.45) is -2.73. The number of nitrogens with zero attached hydrogens (tertiary/aromatic N) is 4. The van der Waals surface area contributed by atoms with Gasteiger partial charge in [-0.3, -0.25) is 4.90 Å². The van der Waals surface area contributed by atoms with E-state index >= 15 is 0 Å². The van der Waals surface area contributed by atoms with Crippen molar-refractivity contribution in [2.45, 2.75) is 63.1 Å². The number of nitrogens with one attached hydrogen (secondary N) is 1. The standard InChI is InChI=1S/C21H30ClFN6O.C2HF3O2/c1-21(2,23)18-12-29(17(13-30-18)11-14-3-5-15(22)6-4-14)16-7-9-28(10-8-16)20-25-19(24)26-27-20;3-2(4,5)1(6)7/h3-6,16-18H,7-13H2,1-2H3,(H3,24,25,26,27);(H,6,7)/t17-,18+;/m0./s1. The molecule has 0 saturated carbocycles. The van der Waals surface area contributed by atoms with Crippen LogP contribution < -0.4 is 10.6 Å². The number of aromatic nitrogens is 3. The van der Waals surface area contributed by atoms with Crippen LogP contribution in [-0.2, 0) is 16.0 Å². The number of H-pyrrole nitrogens is 1. The largest absolute Gasteiger partial charge is 0.490 e. The van der Waals surface area contributed by atoms with Gasteiger partial charge in [-0.1, -0.05) is 23.7 Å². The van der Waals surface area contributed by atoms with Gasteiger partial charge in [-0.15, -0.1) is 5.10 Å². The number of alkyl halides is 4. The number of carboxylic acids is 1. The summed E-state index contributed by atoms with van der Waals surface area (Å²) in [4.78, 5) is 17.7. The minimum Gasteiger partial charge on any atom is -0.475 e. The summed E-state index contributed by atoms with van der Waals surface area (Å²) in [5.74, 6) is -1.78. The Morgan fingerprint density at radius 2 is 1.81 bits per heavy atom. The lowest BCUT2D eigenvalue weighted by atomic mass is 9.93. The molecule has 0 bridgehead atoms. The molecular weight excluding hydrogens is 520 g/mol. The Hall–Kier alpha value is -2.64. The van der Waals surface area contributed by atoms with Gasteiger partial charge >= 0.3 is 12.1 Å². The Morgan fingerprint density at radius 1 is 1.22 bits per heavy atom. The summed E-state index contributed by atoms with van der Waals surface area (Å²) in [5, 5.41) is 14.7. The highest BCUT2D eigenvalue weighted by Gasteiger charge is 2.41. The van der Waals surface area contributed by atoms with E-state index in [0.717, 1.165) is 37.4 Å². The predicted molar refractivity (Wildman–Crippen MR) is 130 cm³/mol. The number of benzene rings is 1. The molecule has 3 heterocycles. The molecule has 2 saturated heterocycles. The van der Waals surface area contributed by atoms with Crippen LogP contribution in [0.1, 0.15) is 32.3 Å². The number of carbonyl (C=O) groups is 1. The molecule has 2 aromatic rings. The van der Waals surface area contributed by atoms with Gasteiger partial charge in [0.1, 0.15) is 11.8 Å². The van der Waals surface area contributed by atoms with Crippen molar-refractivity contribution in [2.75, 3.05) is 36.9 Å². The molecule has 2 atom stereocenters. The molecule has 0 spiro atoms. The molecule has 9 nitrogen and oxygen atoms in total. The van der Waals surface area contributed by atoms with E-state index in [4.69, 9.17) is 32.0 Å². The fourth-order valence-electron chi connectivity index (χ4n) is 4.45. The number of hydrogen-bond acceptors (Lipinski definition) is 7. The second kappa shape index (κ2) is 11.8. The molecule has 1 aromatic carbocycles. The van der Waals surface area contributed by atoms with Crippen molar-refractivity contribution >= 4 is 29.5 Å². The number of halogens is 5. The van der Waals surface area contributed by atoms with Crippen LogP contribution in [0.3, 0.4) is 0 Å². The van der Waals surface area contributed by atoms with E-state index in [1.807, 2.05) is 12.1 Å². The second-order valence-electron chi connectivity index (χ2n) is 9.61. The van der Waals surface area contributed by atoms with E-state index in [2.05, 4.69) is 37.1 Å². The predicted octanol–water partition coefficient (Wildman–Crippen LogP) is 3.70. The number of piperidine rings is 1. The van der Waals surface area contributed by atoms with E-state index in [0.29, 0.717) is 31.1 Å². The zero-order chi connectivity index (χ0) is 27.4. The summed E-state index contributed by atoms with van der Waals surface area (Å²) in [7, 11) is 0. The molecule has 206 valence electrons. The van der Waals surface area contributed by atoms with Gasteiger partial charge in [0.15, 0.2) is 0 Å². The first kappa shape index (κ1) is 28.9. The molecule has 2 aliphatic heterocycles. The van der Waals surface area contributed by atoms with Crippen LogP contribution in [0.2, 0.25) is 5.02 Å². The Kier molecular flexibility index (Phi) is 9.24. The number of hydrogen-bond donors (Lipinski definition) is 3. The van der Waals surface area contributed by atoms with Crippen molar-refractivity contribution in [3.63, 3.8) is 0 Å². The maximum atomic E-state index is 14.7. The lowest BCUT2D eigenvalue weighted by Gasteiger charge is -2.48. The van der Waals surface area contributed by atoms with Crippen LogP contribution in [-0.4, -0.2) is 87.4 Å². The SMILES string of the molecule is CC(C)(F)[C@H]1CN(C2CCN(c3n[nH]c(N)n3)CC2)[C@@H](Cc2ccc(Cl)cc2)CO1.O=C(O)C(F)(F)F. The highest BCUT2D eigenvalue weighted by Crippen LogP contribution is 2.30. The van der Waals surface area contributed by atoms with Crippen LogP contribution >= 0.6 is 11.6 Å². The number of rotatable bonds is 5. The average molecular weight is 551 g/mol. The van der Waals surface area contributed by atoms with Crippen LogP contribution in [0.15, 0.2) is 24.3 Å². The van der Waals surface area contributed by atoms with Crippen LogP contribution in [0.4, 0.5) is 29.5 Å². The molecule has 1 aromatic heterocycles. The summed E-state index contributed by atoms with van der Waals surface area (Å²) in [5.41, 5.74) is 5.50. The van der Waals surface area contributed by atoms with E-state index in [-0.39, 0.29) is 6.04 Å². The zero-order valence-electron chi connectivity index (χ0n) is 20.5. The van der Waals surface area contributed by atoms with Crippen molar-refractivity contribution in [1.82, 2.24) is 20.1 Å². The van der Waals surface area contributed by atoms with Gasteiger partial charge in [0.25, 0.3) is 0 Å². The number of carboxylic acid groups (broad SMARTS) is 1. The monoisotopic (exact) mass is 550 g/mol. The first-order valence-corrected chi connectivity index (χ1v) is 12.2. The van der Waals surface area contributed by atoms with Crippen molar-refractivity contribution < 1.29 is 32.2 Å². The van der Waals surface area contributed by atoms with Crippen LogP contribution in [0.5, 0.6) is 0 Å². The van der Waals surface area contributed by atoms with Crippen molar-refractivity contribution in [2.24, 2.45) is 0 Å². The molecule has 4 rings (SSSR count). The quantitative estimate of drug-likeness (QED) is 0.482. The third-order valence-corrected chi connectivity index (χ3v) is 6.69. The maximum absolute atomic E-state index is 14.7. The summed E-state index contributed by atoms with van der Waals surface area (Å²) in [6, 6.07) is 8.52. The van der Waals surface area contributed by atoms with Gasteiger partial charge in [-0.05, 0) is 50.8 Å². The van der Waals surface area contributed by atoms with E-state index in [1.165, 1.54) is 5.56 Å². The van der Waals surface area contributed by atoms with Crippen LogP contribution in [0, 0.1) is 0 Å². The molecular formula is C23H31ClF4N6O3. The van der Waals surface area contributed by atoms with Crippen molar-refractivity contribution in [3.8, 4) is 0 Å². The Bertz CT molecular complexity index is 1020. The minimum atomic E-state index is -5.08. The molecule has 0 aliphatic carbocycles. The summed E-state index contributed by atoms with van der Waals surface area (Å²) in [6.45, 7) is 6.02. The van der Waals surface area contributed by atoms with Gasteiger partial charge in [-0.25, -0.2) is 14.3 Å². The number of nitrogen functional groups attached to an aromatic ring is 1. The zero-order valence-corrected chi connectivity index (χ0v) is 21.3. The number of morpholine rings is 1. The van der Waals surface area contributed by atoms with E-state index < -0.39 is 23.9 Å². The Morgan fingerprint density at radius 3 is 2.30 bits per heavy atom. The average Bonchev–Trinajstić information content (AvgIpc) is 3.26. The van der Waals surface area contributed by atoms with Crippen molar-refractivity contribution in [1.29, 1.82) is 0 Å².